The Morgan fingerprint density at radius 2 is 2.21 bits per heavy atom. The number of nitrogens with two attached hydrogens (primary N) is 1. The van der Waals surface area contributed by atoms with E-state index in [1.807, 2.05) is 11.4 Å². The number of hydrogen-bond acceptors (Lipinski definition) is 5. The SMILES string of the molecule is NCc1cc([N+](=O)[O-])ccc1OCc1sccc1Br. The molecule has 2 N–H and O–H groups in total. The van der Waals surface area contributed by atoms with Gasteiger partial charge in [-0.2, -0.15) is 0 Å². The van der Waals surface area contributed by atoms with Crippen molar-refractivity contribution in [2.24, 2.45) is 5.73 Å². The molecule has 0 aliphatic rings. The van der Waals surface area contributed by atoms with E-state index in [2.05, 4.69) is 15.9 Å². The lowest BCUT2D eigenvalue weighted by Gasteiger charge is -2.09. The Morgan fingerprint density at radius 1 is 1.42 bits per heavy atom. The third-order valence-corrected chi connectivity index (χ3v) is 4.42. The normalized spacial score (nSPS) is 10.4. The lowest BCUT2D eigenvalue weighted by Crippen LogP contribution is -2.03. The molecule has 0 radical (unpaired) electrons. The van der Waals surface area contributed by atoms with Crippen LogP contribution in [0.25, 0.3) is 0 Å². The van der Waals surface area contributed by atoms with Crippen LogP contribution in [0.2, 0.25) is 0 Å². The van der Waals surface area contributed by atoms with Gasteiger partial charge in [-0.15, -0.1) is 11.3 Å². The van der Waals surface area contributed by atoms with Crippen LogP contribution in [0.4, 0.5) is 5.69 Å². The molecule has 2 rings (SSSR count). The number of nitro benzene ring substituents is 1. The van der Waals surface area contributed by atoms with Crippen LogP contribution in [-0.2, 0) is 13.2 Å². The van der Waals surface area contributed by atoms with Gasteiger partial charge in [-0.05, 0) is 33.4 Å². The van der Waals surface area contributed by atoms with Crippen LogP contribution in [0.1, 0.15) is 10.4 Å². The summed E-state index contributed by atoms with van der Waals surface area (Å²) >= 11 is 5.00. The number of nitro groups is 1. The Hall–Kier alpha value is -1.44. The minimum atomic E-state index is -0.446. The van der Waals surface area contributed by atoms with Crippen molar-refractivity contribution in [1.29, 1.82) is 0 Å². The number of ether oxygens (including phenoxy) is 1. The van der Waals surface area contributed by atoms with Crippen molar-refractivity contribution < 1.29 is 9.66 Å². The average molecular weight is 343 g/mol. The molecule has 0 spiro atoms. The highest BCUT2D eigenvalue weighted by atomic mass is 79.9. The number of halogens is 1. The van der Waals surface area contributed by atoms with E-state index in [0.717, 1.165) is 9.35 Å². The second-order valence-electron chi connectivity index (χ2n) is 3.73. The summed E-state index contributed by atoms with van der Waals surface area (Å²) in [7, 11) is 0. The maximum Gasteiger partial charge on any atom is 0.270 e. The zero-order chi connectivity index (χ0) is 13.8. The number of rotatable bonds is 5. The van der Waals surface area contributed by atoms with Crippen LogP contribution in [0, 0.1) is 10.1 Å². The van der Waals surface area contributed by atoms with Crippen LogP contribution in [0.5, 0.6) is 5.75 Å². The van der Waals surface area contributed by atoms with Crippen LogP contribution >= 0.6 is 27.3 Å². The van der Waals surface area contributed by atoms with E-state index in [9.17, 15) is 10.1 Å². The average Bonchev–Trinajstić information content (AvgIpc) is 2.81. The third-order valence-electron chi connectivity index (χ3n) is 2.52. The zero-order valence-corrected chi connectivity index (χ0v) is 12.2. The Labute approximate surface area is 122 Å². The molecule has 7 heteroatoms. The predicted molar refractivity (Wildman–Crippen MR) is 77.3 cm³/mol. The number of non-ortho nitro benzene ring substituents is 1. The highest BCUT2D eigenvalue weighted by molar-refractivity contribution is 9.10. The molecule has 0 aliphatic carbocycles. The first-order valence-corrected chi connectivity index (χ1v) is 7.11. The maximum atomic E-state index is 10.7. The number of benzene rings is 1. The molecule has 0 unspecified atom stereocenters. The second kappa shape index (κ2) is 6.14. The van der Waals surface area contributed by atoms with Crippen molar-refractivity contribution in [2.75, 3.05) is 0 Å². The van der Waals surface area contributed by atoms with Crippen molar-refractivity contribution in [3.63, 3.8) is 0 Å². The Bertz CT molecular complexity index is 600. The van der Waals surface area contributed by atoms with E-state index in [1.165, 1.54) is 12.1 Å². The highest BCUT2D eigenvalue weighted by Gasteiger charge is 2.11. The second-order valence-corrected chi connectivity index (χ2v) is 5.59. The van der Waals surface area contributed by atoms with Gasteiger partial charge < -0.3 is 10.5 Å². The molecule has 5 nitrogen and oxygen atoms in total. The van der Waals surface area contributed by atoms with E-state index in [4.69, 9.17) is 10.5 Å². The molecule has 19 heavy (non-hydrogen) atoms. The summed E-state index contributed by atoms with van der Waals surface area (Å²) in [6.07, 6.45) is 0. The van der Waals surface area contributed by atoms with Crippen molar-refractivity contribution >= 4 is 33.0 Å². The fourth-order valence-corrected chi connectivity index (χ4v) is 2.93. The lowest BCUT2D eigenvalue weighted by molar-refractivity contribution is -0.384. The van der Waals surface area contributed by atoms with E-state index in [-0.39, 0.29) is 12.2 Å². The molecule has 1 aromatic heterocycles. The van der Waals surface area contributed by atoms with Gasteiger partial charge in [0.2, 0.25) is 0 Å². The van der Waals surface area contributed by atoms with Crippen molar-refractivity contribution in [3.8, 4) is 5.75 Å². The topological polar surface area (TPSA) is 78.4 Å². The number of hydrogen-bond donors (Lipinski definition) is 1. The largest absolute Gasteiger partial charge is 0.488 e. The lowest BCUT2D eigenvalue weighted by atomic mass is 10.2. The van der Waals surface area contributed by atoms with Crippen molar-refractivity contribution in [2.45, 2.75) is 13.2 Å². The Balaban J connectivity index is 2.16. The van der Waals surface area contributed by atoms with Crippen molar-refractivity contribution in [1.82, 2.24) is 0 Å². The molecule has 0 fully saturated rings. The molecular weight excluding hydrogens is 332 g/mol. The van der Waals surface area contributed by atoms with Gasteiger partial charge in [-0.3, -0.25) is 10.1 Å². The minimum absolute atomic E-state index is 0.0186. The maximum absolute atomic E-state index is 10.7. The number of thiophene rings is 1. The molecule has 0 saturated carbocycles. The quantitative estimate of drug-likeness (QED) is 0.666. The minimum Gasteiger partial charge on any atom is -0.488 e. The fourth-order valence-electron chi connectivity index (χ4n) is 1.55. The van der Waals surface area contributed by atoms with Gasteiger partial charge in [0.25, 0.3) is 5.69 Å². The number of nitrogens with zero attached hydrogens (tertiary/aromatic N) is 1. The van der Waals surface area contributed by atoms with E-state index in [0.29, 0.717) is 17.9 Å². The molecule has 100 valence electrons. The molecule has 0 aliphatic heterocycles. The summed E-state index contributed by atoms with van der Waals surface area (Å²) in [6.45, 7) is 0.603. The first-order chi connectivity index (χ1) is 9.11. The van der Waals surface area contributed by atoms with Crippen LogP contribution < -0.4 is 10.5 Å². The van der Waals surface area contributed by atoms with Gasteiger partial charge >= 0.3 is 0 Å². The summed E-state index contributed by atoms with van der Waals surface area (Å²) in [5, 5.41) is 12.6. The van der Waals surface area contributed by atoms with Gasteiger partial charge in [-0.25, -0.2) is 0 Å². The first kappa shape index (κ1) is 14.0. The highest BCUT2D eigenvalue weighted by Crippen LogP contribution is 2.27. The molecule has 1 heterocycles. The monoisotopic (exact) mass is 342 g/mol. The Kier molecular flexibility index (Phi) is 4.52. The Morgan fingerprint density at radius 3 is 2.79 bits per heavy atom. The van der Waals surface area contributed by atoms with Crippen LogP contribution in [-0.4, -0.2) is 4.92 Å². The van der Waals surface area contributed by atoms with Gasteiger partial charge in [-0.1, -0.05) is 0 Å². The fraction of sp³-hybridized carbons (Fsp3) is 0.167. The van der Waals surface area contributed by atoms with E-state index in [1.54, 1.807) is 17.4 Å². The smallest absolute Gasteiger partial charge is 0.270 e. The van der Waals surface area contributed by atoms with Gasteiger partial charge in [0, 0.05) is 28.7 Å². The third kappa shape index (κ3) is 3.31. The summed E-state index contributed by atoms with van der Waals surface area (Å²) in [4.78, 5) is 11.3. The van der Waals surface area contributed by atoms with E-state index < -0.39 is 4.92 Å². The molecule has 0 bridgehead atoms. The molecular formula is C12H11BrN2O3S. The summed E-state index contributed by atoms with van der Waals surface area (Å²) in [5.41, 5.74) is 6.23. The zero-order valence-electron chi connectivity index (χ0n) is 9.84. The van der Waals surface area contributed by atoms with Gasteiger partial charge in [0.05, 0.1) is 9.80 Å². The van der Waals surface area contributed by atoms with Crippen LogP contribution in [0.3, 0.4) is 0 Å². The summed E-state index contributed by atoms with van der Waals surface area (Å²) in [5.74, 6) is 0.577. The van der Waals surface area contributed by atoms with Gasteiger partial charge in [0.15, 0.2) is 0 Å². The predicted octanol–water partition coefficient (Wildman–Crippen LogP) is 3.46. The molecule has 2 aromatic rings. The molecule has 0 saturated heterocycles. The molecule has 0 atom stereocenters. The van der Waals surface area contributed by atoms with E-state index >= 15 is 0 Å². The first-order valence-electron chi connectivity index (χ1n) is 5.44. The molecule has 1 aromatic carbocycles. The molecule has 0 amide bonds. The van der Waals surface area contributed by atoms with Crippen molar-refractivity contribution in [3.05, 3.63) is 54.7 Å². The standard InChI is InChI=1S/C12H11BrN2O3S/c13-10-3-4-19-12(10)7-18-11-2-1-9(15(16)17)5-8(11)6-14/h1-5H,6-7,14H2. The summed E-state index contributed by atoms with van der Waals surface area (Å²) in [6, 6.07) is 6.39. The van der Waals surface area contributed by atoms with Gasteiger partial charge in [0.1, 0.15) is 12.4 Å². The van der Waals surface area contributed by atoms with Crippen LogP contribution in [0.15, 0.2) is 34.1 Å². The summed E-state index contributed by atoms with van der Waals surface area (Å²) < 4.78 is 6.66.